The van der Waals surface area contributed by atoms with Crippen LogP contribution in [-0.2, 0) is 13.0 Å². The molecule has 0 aromatic heterocycles. The monoisotopic (exact) mass is 410 g/mol. The molecule has 0 unspecified atom stereocenters. The molecule has 1 aliphatic heterocycles. The van der Waals surface area contributed by atoms with E-state index in [0.717, 1.165) is 29.8 Å². The first-order valence-electron chi connectivity index (χ1n) is 9.47. The Hall–Kier alpha value is -2.85. The lowest BCUT2D eigenvalue weighted by molar-refractivity contribution is -0.544. The third kappa shape index (κ3) is 3.85. The van der Waals surface area contributed by atoms with E-state index in [9.17, 15) is 4.39 Å². The fourth-order valence-electron chi connectivity index (χ4n) is 3.82. The zero-order valence-electron chi connectivity index (χ0n) is 16.4. The molecule has 29 heavy (non-hydrogen) atoms. The lowest BCUT2D eigenvalue weighted by Gasteiger charge is -2.21. The number of halogens is 2. The van der Waals surface area contributed by atoms with Crippen molar-refractivity contribution in [3.63, 3.8) is 0 Å². The highest BCUT2D eigenvalue weighted by atomic mass is 35.5. The highest BCUT2D eigenvalue weighted by molar-refractivity contribution is 6.30. The van der Waals surface area contributed by atoms with E-state index < -0.39 is 0 Å². The number of nitrogens with zero attached hydrogens (tertiary/aromatic N) is 1. The van der Waals surface area contributed by atoms with Gasteiger partial charge in [-0.05, 0) is 54.1 Å². The summed E-state index contributed by atoms with van der Waals surface area (Å²) in [6, 6.07) is 18.7. The first-order valence-corrected chi connectivity index (χ1v) is 9.85. The van der Waals surface area contributed by atoms with Crippen LogP contribution in [0.5, 0.6) is 11.5 Å². The minimum atomic E-state index is -0.193. The molecule has 5 heteroatoms. The second-order valence-electron chi connectivity index (χ2n) is 6.98. The molecule has 0 spiro atoms. The summed E-state index contributed by atoms with van der Waals surface area (Å²) in [6.45, 7) is 1.26. The van der Waals surface area contributed by atoms with E-state index in [1.165, 1.54) is 11.6 Å². The predicted molar refractivity (Wildman–Crippen MR) is 113 cm³/mol. The Kier molecular flexibility index (Phi) is 5.54. The van der Waals surface area contributed by atoms with Gasteiger partial charge in [0, 0.05) is 17.0 Å². The highest BCUT2D eigenvalue weighted by Gasteiger charge is 2.29. The number of fused-ring (bicyclic) bond motifs is 1. The Labute approximate surface area is 175 Å². The average molecular weight is 411 g/mol. The lowest BCUT2D eigenvalue weighted by Crippen LogP contribution is -2.31. The summed E-state index contributed by atoms with van der Waals surface area (Å²) in [5, 5.41) is 0.679. The maximum atomic E-state index is 14.4. The molecule has 148 valence electrons. The van der Waals surface area contributed by atoms with Crippen molar-refractivity contribution in [1.29, 1.82) is 0 Å². The average Bonchev–Trinajstić information content (AvgIpc) is 2.75. The number of hydrogen-bond acceptors (Lipinski definition) is 2. The van der Waals surface area contributed by atoms with Crippen molar-refractivity contribution >= 4 is 17.3 Å². The predicted octanol–water partition coefficient (Wildman–Crippen LogP) is 5.10. The standard InChI is InChI=1S/C24H22ClFNO2/c1-28-22-13-17-11-12-27(15-18-5-3-4-6-21(18)26)24(20(17)14-23(22)29-2)16-7-9-19(25)10-8-16/h3-10,13-14H,11-12,15H2,1-2H3/q+1. The molecule has 4 rings (SSSR count). The van der Waals surface area contributed by atoms with Crippen molar-refractivity contribution in [3.05, 3.63) is 93.8 Å². The van der Waals surface area contributed by atoms with Gasteiger partial charge in [0.15, 0.2) is 18.0 Å². The number of methoxy groups -OCH3 is 2. The van der Waals surface area contributed by atoms with Gasteiger partial charge in [-0.2, -0.15) is 0 Å². The summed E-state index contributed by atoms with van der Waals surface area (Å²) in [7, 11) is 3.27. The SMILES string of the molecule is COc1cc2c(cc1OC)C(c1ccc(Cl)cc1)=[N+](Cc1ccccc1F)CC2. The molecule has 1 heterocycles. The molecular weight excluding hydrogens is 389 g/mol. The van der Waals surface area contributed by atoms with Crippen molar-refractivity contribution in [2.45, 2.75) is 13.0 Å². The van der Waals surface area contributed by atoms with E-state index >= 15 is 0 Å². The van der Waals surface area contributed by atoms with Gasteiger partial charge in [-0.1, -0.05) is 23.7 Å². The van der Waals surface area contributed by atoms with E-state index in [1.54, 1.807) is 20.3 Å². The molecule has 0 fully saturated rings. The van der Waals surface area contributed by atoms with Crippen LogP contribution in [0.2, 0.25) is 5.02 Å². The van der Waals surface area contributed by atoms with Gasteiger partial charge < -0.3 is 9.47 Å². The Morgan fingerprint density at radius 3 is 2.34 bits per heavy atom. The van der Waals surface area contributed by atoms with Gasteiger partial charge in [-0.25, -0.2) is 8.97 Å². The Balaban J connectivity index is 1.91. The molecule has 0 saturated carbocycles. The van der Waals surface area contributed by atoms with Crippen LogP contribution in [0.25, 0.3) is 0 Å². The third-order valence-corrected chi connectivity index (χ3v) is 5.52. The quantitative estimate of drug-likeness (QED) is 0.545. The molecule has 1 aliphatic rings. The first kappa shape index (κ1) is 19.5. The summed E-state index contributed by atoms with van der Waals surface area (Å²) in [4.78, 5) is 0. The Bertz CT molecular complexity index is 1080. The highest BCUT2D eigenvalue weighted by Crippen LogP contribution is 2.34. The van der Waals surface area contributed by atoms with Crippen LogP contribution < -0.4 is 9.47 Å². The second kappa shape index (κ2) is 8.26. The molecule has 0 saturated heterocycles. The van der Waals surface area contributed by atoms with Crippen LogP contribution in [0.15, 0.2) is 60.7 Å². The summed E-state index contributed by atoms with van der Waals surface area (Å²) in [5.41, 5.74) is 4.97. The number of rotatable bonds is 5. The molecule has 3 aromatic carbocycles. The Morgan fingerprint density at radius 1 is 0.966 bits per heavy atom. The van der Waals surface area contributed by atoms with Crippen LogP contribution >= 0.6 is 11.6 Å². The zero-order valence-corrected chi connectivity index (χ0v) is 17.2. The van der Waals surface area contributed by atoms with Gasteiger partial charge in [0.2, 0.25) is 5.71 Å². The van der Waals surface area contributed by atoms with Gasteiger partial charge in [-0.3, -0.25) is 0 Å². The molecule has 3 aromatic rings. The lowest BCUT2D eigenvalue weighted by atomic mass is 9.91. The van der Waals surface area contributed by atoms with Gasteiger partial charge in [0.25, 0.3) is 0 Å². The minimum Gasteiger partial charge on any atom is -0.493 e. The molecule has 0 aliphatic carbocycles. The first-order chi connectivity index (χ1) is 14.1. The van der Waals surface area contributed by atoms with Gasteiger partial charge in [-0.15, -0.1) is 0 Å². The van der Waals surface area contributed by atoms with Crippen LogP contribution in [0.3, 0.4) is 0 Å². The fourth-order valence-corrected chi connectivity index (χ4v) is 3.95. The molecular formula is C24H22ClFNO2+. The molecule has 3 nitrogen and oxygen atoms in total. The van der Waals surface area contributed by atoms with Gasteiger partial charge in [0.05, 0.1) is 25.3 Å². The molecule has 0 bridgehead atoms. The van der Waals surface area contributed by atoms with Crippen molar-refractivity contribution in [2.75, 3.05) is 20.8 Å². The largest absolute Gasteiger partial charge is 0.493 e. The fraction of sp³-hybridized carbons (Fsp3) is 0.208. The molecule has 0 N–H and O–H groups in total. The smallest absolute Gasteiger partial charge is 0.215 e. The minimum absolute atomic E-state index is 0.193. The van der Waals surface area contributed by atoms with Crippen LogP contribution in [-0.4, -0.2) is 31.1 Å². The Morgan fingerprint density at radius 2 is 1.66 bits per heavy atom. The third-order valence-electron chi connectivity index (χ3n) is 5.27. The van der Waals surface area contributed by atoms with Crippen molar-refractivity contribution in [2.24, 2.45) is 0 Å². The van der Waals surface area contributed by atoms with Crippen LogP contribution in [0.1, 0.15) is 22.3 Å². The van der Waals surface area contributed by atoms with E-state index in [-0.39, 0.29) is 5.82 Å². The van der Waals surface area contributed by atoms with Crippen molar-refractivity contribution in [3.8, 4) is 11.5 Å². The number of hydrogen-bond donors (Lipinski definition) is 0. The molecule has 0 radical (unpaired) electrons. The van der Waals surface area contributed by atoms with Crippen molar-refractivity contribution < 1.29 is 18.4 Å². The maximum absolute atomic E-state index is 14.4. The van der Waals surface area contributed by atoms with E-state index in [1.807, 2.05) is 48.5 Å². The summed E-state index contributed by atoms with van der Waals surface area (Å²) < 4.78 is 27.6. The van der Waals surface area contributed by atoms with Gasteiger partial charge in [0.1, 0.15) is 12.4 Å². The normalized spacial score (nSPS) is 13.2. The molecule has 0 atom stereocenters. The summed E-state index contributed by atoms with van der Waals surface area (Å²) >= 11 is 6.12. The van der Waals surface area contributed by atoms with E-state index in [0.29, 0.717) is 28.6 Å². The number of ether oxygens (including phenoxy) is 2. The number of benzene rings is 3. The van der Waals surface area contributed by atoms with E-state index in [2.05, 4.69) is 4.58 Å². The summed E-state index contributed by atoms with van der Waals surface area (Å²) in [5.74, 6) is 1.19. The van der Waals surface area contributed by atoms with Crippen LogP contribution in [0, 0.1) is 5.82 Å². The van der Waals surface area contributed by atoms with Crippen LogP contribution in [0.4, 0.5) is 4.39 Å². The summed E-state index contributed by atoms with van der Waals surface area (Å²) in [6.07, 6.45) is 0.835. The van der Waals surface area contributed by atoms with E-state index in [4.69, 9.17) is 21.1 Å². The molecule has 0 amide bonds. The second-order valence-corrected chi connectivity index (χ2v) is 7.42. The van der Waals surface area contributed by atoms with Gasteiger partial charge >= 0.3 is 0 Å². The zero-order chi connectivity index (χ0) is 20.4. The maximum Gasteiger partial charge on any atom is 0.215 e. The van der Waals surface area contributed by atoms with Crippen molar-refractivity contribution in [1.82, 2.24) is 0 Å². The topological polar surface area (TPSA) is 21.5 Å².